The van der Waals surface area contributed by atoms with Crippen LogP contribution in [0.2, 0.25) is 0 Å². The first-order chi connectivity index (χ1) is 11.0. The van der Waals surface area contributed by atoms with Crippen molar-refractivity contribution in [1.82, 2.24) is 14.9 Å². The van der Waals surface area contributed by atoms with E-state index in [1.807, 2.05) is 25.1 Å². The fourth-order valence-electron chi connectivity index (χ4n) is 2.72. The van der Waals surface area contributed by atoms with Crippen molar-refractivity contribution < 1.29 is 19.7 Å². The predicted molar refractivity (Wildman–Crippen MR) is 83.7 cm³/mol. The number of aliphatic hydroxyl groups is 2. The first-order valence-corrected chi connectivity index (χ1v) is 7.70. The third-order valence-electron chi connectivity index (χ3n) is 4.05. The number of carbonyl (C=O) groups is 1. The number of piperidine rings is 1. The van der Waals surface area contributed by atoms with E-state index in [0.29, 0.717) is 18.8 Å². The summed E-state index contributed by atoms with van der Waals surface area (Å²) in [6, 6.07) is 5.95. The number of hydrogen-bond acceptors (Lipinski definition) is 5. The number of β-amino-alcohol motifs (C(OH)–C–C–N with tert-alkyl or cyclic N) is 1. The monoisotopic (exact) mass is 319 g/mol. The van der Waals surface area contributed by atoms with E-state index in [0.717, 1.165) is 16.6 Å². The van der Waals surface area contributed by atoms with Crippen molar-refractivity contribution >= 4 is 16.9 Å². The zero-order valence-corrected chi connectivity index (χ0v) is 13.0. The van der Waals surface area contributed by atoms with E-state index in [9.17, 15) is 15.0 Å². The van der Waals surface area contributed by atoms with Crippen molar-refractivity contribution in [3.8, 4) is 0 Å². The molecule has 7 heteroatoms. The number of nitrogens with zero attached hydrogens (tertiary/aromatic N) is 2. The minimum absolute atomic E-state index is 0.0705. The number of imidazole rings is 1. The van der Waals surface area contributed by atoms with E-state index in [1.165, 1.54) is 4.90 Å². The Morgan fingerprint density at radius 3 is 3.04 bits per heavy atom. The van der Waals surface area contributed by atoms with E-state index in [-0.39, 0.29) is 25.7 Å². The van der Waals surface area contributed by atoms with Crippen molar-refractivity contribution in [2.24, 2.45) is 0 Å². The molecule has 2 atom stereocenters. The normalized spacial score (nSPS) is 21.8. The number of H-pyrrole nitrogens is 1. The van der Waals surface area contributed by atoms with Gasteiger partial charge in [-0.3, -0.25) is 4.79 Å². The molecule has 1 fully saturated rings. The average Bonchev–Trinajstić information content (AvgIpc) is 2.91. The van der Waals surface area contributed by atoms with E-state index < -0.39 is 12.2 Å². The van der Waals surface area contributed by atoms with E-state index >= 15 is 0 Å². The van der Waals surface area contributed by atoms with Gasteiger partial charge in [0, 0.05) is 13.1 Å². The van der Waals surface area contributed by atoms with Gasteiger partial charge in [0.15, 0.2) is 0 Å². The molecule has 0 bridgehead atoms. The number of aryl methyl sites for hydroxylation is 1. The highest BCUT2D eigenvalue weighted by Gasteiger charge is 2.28. The van der Waals surface area contributed by atoms with Crippen molar-refractivity contribution in [3.63, 3.8) is 0 Å². The van der Waals surface area contributed by atoms with Crippen LogP contribution in [0.25, 0.3) is 11.0 Å². The number of aromatic amines is 1. The van der Waals surface area contributed by atoms with E-state index in [1.54, 1.807) is 0 Å². The molecule has 1 aliphatic heterocycles. The number of fused-ring (bicyclic) bond motifs is 1. The van der Waals surface area contributed by atoms with Gasteiger partial charge in [-0.1, -0.05) is 6.07 Å². The molecule has 0 saturated carbocycles. The van der Waals surface area contributed by atoms with Gasteiger partial charge < -0.3 is 24.8 Å². The highest BCUT2D eigenvalue weighted by molar-refractivity contribution is 5.77. The summed E-state index contributed by atoms with van der Waals surface area (Å²) in [6.45, 7) is 2.74. The molecule has 124 valence electrons. The molecule has 1 aromatic carbocycles. The maximum absolute atomic E-state index is 12.0. The minimum atomic E-state index is -0.883. The van der Waals surface area contributed by atoms with E-state index in [4.69, 9.17) is 4.74 Å². The lowest BCUT2D eigenvalue weighted by molar-refractivity contribution is -0.143. The minimum Gasteiger partial charge on any atom is -0.390 e. The second kappa shape index (κ2) is 6.66. The van der Waals surface area contributed by atoms with Gasteiger partial charge in [-0.25, -0.2) is 4.98 Å². The molecule has 2 heterocycles. The zero-order chi connectivity index (χ0) is 16.4. The molecule has 0 unspecified atom stereocenters. The van der Waals surface area contributed by atoms with Gasteiger partial charge in [0.2, 0.25) is 5.91 Å². The number of aliphatic hydroxyl groups excluding tert-OH is 2. The SMILES string of the molecule is Cc1ccc2nc(COCC(=O)N3CC[C@@H](O)[C@H](O)C3)[nH]c2c1. The number of amides is 1. The third-order valence-corrected chi connectivity index (χ3v) is 4.05. The highest BCUT2D eigenvalue weighted by Crippen LogP contribution is 2.14. The second-order valence-corrected chi connectivity index (χ2v) is 5.96. The summed E-state index contributed by atoms with van der Waals surface area (Å²) in [5.74, 6) is 0.482. The summed E-state index contributed by atoms with van der Waals surface area (Å²) in [5, 5.41) is 19.1. The number of likely N-dealkylation sites (tertiary alicyclic amines) is 1. The Balaban J connectivity index is 1.51. The topological polar surface area (TPSA) is 98.7 Å². The molecule has 1 aromatic heterocycles. The van der Waals surface area contributed by atoms with Crippen LogP contribution in [0.15, 0.2) is 18.2 Å². The van der Waals surface area contributed by atoms with Gasteiger partial charge in [-0.15, -0.1) is 0 Å². The van der Waals surface area contributed by atoms with Crippen LogP contribution < -0.4 is 0 Å². The quantitative estimate of drug-likeness (QED) is 0.755. The summed E-state index contributed by atoms with van der Waals surface area (Å²) in [6.07, 6.45) is -1.25. The fourth-order valence-corrected chi connectivity index (χ4v) is 2.72. The largest absolute Gasteiger partial charge is 0.390 e. The summed E-state index contributed by atoms with van der Waals surface area (Å²) in [4.78, 5) is 21.1. The summed E-state index contributed by atoms with van der Waals surface area (Å²) in [7, 11) is 0. The summed E-state index contributed by atoms with van der Waals surface area (Å²) < 4.78 is 5.43. The number of benzene rings is 1. The van der Waals surface area contributed by atoms with Crippen LogP contribution in [0.5, 0.6) is 0 Å². The number of rotatable bonds is 4. The Hall–Kier alpha value is -1.96. The number of aromatic nitrogens is 2. The predicted octanol–water partition coefficient (Wildman–Crippen LogP) is 0.342. The van der Waals surface area contributed by atoms with Gasteiger partial charge in [0.25, 0.3) is 0 Å². The standard InChI is InChI=1S/C16H21N3O4/c1-10-2-3-11-12(6-10)18-15(17-11)8-23-9-16(22)19-5-4-13(20)14(21)7-19/h2-3,6,13-14,20-21H,4-5,7-9H2,1H3,(H,17,18)/t13-,14-/m1/s1. The Morgan fingerprint density at radius 2 is 2.26 bits per heavy atom. The molecule has 1 saturated heterocycles. The first kappa shape index (κ1) is 15.9. The van der Waals surface area contributed by atoms with Crippen LogP contribution in [0.4, 0.5) is 0 Å². The number of ether oxygens (including phenoxy) is 1. The average molecular weight is 319 g/mol. The van der Waals surface area contributed by atoms with Crippen molar-refractivity contribution in [1.29, 1.82) is 0 Å². The Labute approximate surface area is 133 Å². The highest BCUT2D eigenvalue weighted by atomic mass is 16.5. The summed E-state index contributed by atoms with van der Waals surface area (Å²) in [5.41, 5.74) is 2.96. The summed E-state index contributed by atoms with van der Waals surface area (Å²) >= 11 is 0. The molecule has 0 radical (unpaired) electrons. The van der Waals surface area contributed by atoms with Crippen molar-refractivity contribution in [2.45, 2.75) is 32.2 Å². The zero-order valence-electron chi connectivity index (χ0n) is 13.0. The number of hydrogen-bond donors (Lipinski definition) is 3. The molecule has 2 aromatic rings. The smallest absolute Gasteiger partial charge is 0.248 e. The molecule has 23 heavy (non-hydrogen) atoms. The van der Waals surface area contributed by atoms with Crippen LogP contribution in [0.1, 0.15) is 17.8 Å². The Morgan fingerprint density at radius 1 is 1.43 bits per heavy atom. The molecule has 7 nitrogen and oxygen atoms in total. The Kier molecular flexibility index (Phi) is 4.61. The molecule has 1 aliphatic rings. The van der Waals surface area contributed by atoms with Gasteiger partial charge in [-0.2, -0.15) is 0 Å². The lowest BCUT2D eigenvalue weighted by atomic mass is 10.1. The lowest BCUT2D eigenvalue weighted by Gasteiger charge is -2.33. The van der Waals surface area contributed by atoms with Gasteiger partial charge in [0.1, 0.15) is 19.0 Å². The van der Waals surface area contributed by atoms with Gasteiger partial charge >= 0.3 is 0 Å². The molecular formula is C16H21N3O4. The molecule has 0 aliphatic carbocycles. The molecule has 1 amide bonds. The van der Waals surface area contributed by atoms with Crippen molar-refractivity contribution in [3.05, 3.63) is 29.6 Å². The number of nitrogens with one attached hydrogen (secondary N) is 1. The van der Waals surface area contributed by atoms with Crippen LogP contribution in [0.3, 0.4) is 0 Å². The van der Waals surface area contributed by atoms with Gasteiger partial charge in [0.05, 0.1) is 23.2 Å². The molecule has 0 spiro atoms. The van der Waals surface area contributed by atoms with Crippen LogP contribution >= 0.6 is 0 Å². The van der Waals surface area contributed by atoms with E-state index in [2.05, 4.69) is 9.97 Å². The fraction of sp³-hybridized carbons (Fsp3) is 0.500. The molecular weight excluding hydrogens is 298 g/mol. The van der Waals surface area contributed by atoms with Crippen LogP contribution in [0, 0.1) is 6.92 Å². The number of carbonyl (C=O) groups excluding carboxylic acids is 1. The molecule has 3 N–H and O–H groups in total. The van der Waals surface area contributed by atoms with Crippen LogP contribution in [-0.4, -0.2) is 62.9 Å². The Bertz CT molecular complexity index is 700. The van der Waals surface area contributed by atoms with Gasteiger partial charge in [-0.05, 0) is 31.0 Å². The van der Waals surface area contributed by atoms with Crippen LogP contribution in [-0.2, 0) is 16.1 Å². The molecule has 3 rings (SSSR count). The first-order valence-electron chi connectivity index (χ1n) is 7.70. The van der Waals surface area contributed by atoms with Crippen molar-refractivity contribution in [2.75, 3.05) is 19.7 Å². The second-order valence-electron chi connectivity index (χ2n) is 5.96. The lowest BCUT2D eigenvalue weighted by Crippen LogP contribution is -2.49. The maximum Gasteiger partial charge on any atom is 0.248 e. The maximum atomic E-state index is 12.0. The third kappa shape index (κ3) is 3.69.